The van der Waals surface area contributed by atoms with Gasteiger partial charge in [0.2, 0.25) is 5.91 Å². The van der Waals surface area contributed by atoms with Gasteiger partial charge in [0.1, 0.15) is 0 Å². The van der Waals surface area contributed by atoms with E-state index in [0.717, 1.165) is 6.07 Å². The molecule has 0 saturated carbocycles. The summed E-state index contributed by atoms with van der Waals surface area (Å²) in [6, 6.07) is 3.52. The highest BCUT2D eigenvalue weighted by molar-refractivity contribution is 5.77. The first-order valence-corrected chi connectivity index (χ1v) is 6.50. The Labute approximate surface area is 121 Å². The monoisotopic (exact) mass is 303 g/mol. The Kier molecular flexibility index (Phi) is 5.09. The summed E-state index contributed by atoms with van der Waals surface area (Å²) in [7, 11) is 0. The van der Waals surface area contributed by atoms with Gasteiger partial charge in [-0.25, -0.2) is 0 Å². The van der Waals surface area contributed by atoms with Crippen LogP contribution >= 0.6 is 0 Å². The molecule has 1 amide bonds. The van der Waals surface area contributed by atoms with Crippen molar-refractivity contribution < 1.29 is 18.0 Å². The second kappa shape index (κ2) is 6.24. The zero-order valence-corrected chi connectivity index (χ0v) is 12.3. The van der Waals surface area contributed by atoms with Crippen molar-refractivity contribution in [3.8, 4) is 0 Å². The largest absolute Gasteiger partial charge is 0.418 e. The van der Waals surface area contributed by atoms with E-state index >= 15 is 0 Å². The maximum Gasteiger partial charge on any atom is 0.418 e. The standard InChI is InChI=1S/C14H20F3N3O/c1-13(2,3)20-12(21)6-7-19-11-5-4-9(18)8-10(11)14(15,16)17/h4-5,8,19H,6-7,18H2,1-3H3,(H,20,21). The van der Waals surface area contributed by atoms with E-state index < -0.39 is 11.7 Å². The van der Waals surface area contributed by atoms with Crippen LogP contribution in [0, 0.1) is 0 Å². The van der Waals surface area contributed by atoms with Gasteiger partial charge in [-0.1, -0.05) is 0 Å². The van der Waals surface area contributed by atoms with Crippen LogP contribution in [-0.2, 0) is 11.0 Å². The Hall–Kier alpha value is -1.92. The van der Waals surface area contributed by atoms with Gasteiger partial charge in [-0.15, -0.1) is 0 Å². The smallest absolute Gasteiger partial charge is 0.399 e. The Morgan fingerprint density at radius 1 is 1.24 bits per heavy atom. The average molecular weight is 303 g/mol. The summed E-state index contributed by atoms with van der Waals surface area (Å²) in [4.78, 5) is 11.6. The van der Waals surface area contributed by atoms with Crippen molar-refractivity contribution in [2.24, 2.45) is 0 Å². The summed E-state index contributed by atoms with van der Waals surface area (Å²) in [5.41, 5.74) is 4.14. The van der Waals surface area contributed by atoms with Crippen LogP contribution in [0.1, 0.15) is 32.8 Å². The van der Waals surface area contributed by atoms with Crippen LogP contribution in [0.25, 0.3) is 0 Å². The predicted molar refractivity (Wildman–Crippen MR) is 76.9 cm³/mol. The van der Waals surface area contributed by atoms with Crippen molar-refractivity contribution in [2.45, 2.75) is 38.9 Å². The molecule has 1 aromatic rings. The summed E-state index contributed by atoms with van der Waals surface area (Å²) in [6.45, 7) is 5.61. The number of carbonyl (C=O) groups is 1. The summed E-state index contributed by atoms with van der Waals surface area (Å²) in [6.07, 6.45) is -4.41. The van der Waals surface area contributed by atoms with Crippen LogP contribution in [0.5, 0.6) is 0 Å². The first-order valence-electron chi connectivity index (χ1n) is 6.50. The van der Waals surface area contributed by atoms with Crippen molar-refractivity contribution in [1.29, 1.82) is 0 Å². The van der Waals surface area contributed by atoms with E-state index in [0.29, 0.717) is 0 Å². The lowest BCUT2D eigenvalue weighted by molar-refractivity contribution is -0.136. The van der Waals surface area contributed by atoms with Crippen molar-refractivity contribution >= 4 is 17.3 Å². The fraction of sp³-hybridized carbons (Fsp3) is 0.500. The first-order chi connectivity index (χ1) is 9.49. The van der Waals surface area contributed by atoms with Crippen LogP contribution < -0.4 is 16.4 Å². The van der Waals surface area contributed by atoms with Gasteiger partial charge in [0, 0.05) is 29.9 Å². The molecule has 0 heterocycles. The number of alkyl halides is 3. The normalized spacial score (nSPS) is 12.1. The number of nitrogens with two attached hydrogens (primary N) is 1. The lowest BCUT2D eigenvalue weighted by atomic mass is 10.1. The summed E-state index contributed by atoms with van der Waals surface area (Å²) in [5, 5.41) is 5.37. The Bertz CT molecular complexity index is 507. The maximum atomic E-state index is 12.9. The number of nitrogen functional groups attached to an aromatic ring is 1. The molecular formula is C14H20F3N3O. The van der Waals surface area contributed by atoms with Gasteiger partial charge in [-0.2, -0.15) is 13.2 Å². The molecule has 0 atom stereocenters. The van der Waals surface area contributed by atoms with Crippen LogP contribution in [0.4, 0.5) is 24.5 Å². The Balaban J connectivity index is 2.66. The highest BCUT2D eigenvalue weighted by Crippen LogP contribution is 2.35. The molecule has 0 fully saturated rings. The third-order valence-corrected chi connectivity index (χ3v) is 2.53. The minimum absolute atomic E-state index is 0.0401. The fourth-order valence-corrected chi connectivity index (χ4v) is 1.74. The number of benzene rings is 1. The molecule has 0 saturated heterocycles. The second-order valence-electron chi connectivity index (χ2n) is 5.78. The number of halogens is 3. The van der Waals surface area contributed by atoms with Crippen molar-refractivity contribution in [3.63, 3.8) is 0 Å². The van der Waals surface area contributed by atoms with E-state index in [-0.39, 0.29) is 35.8 Å². The van der Waals surface area contributed by atoms with Gasteiger partial charge < -0.3 is 16.4 Å². The zero-order valence-electron chi connectivity index (χ0n) is 12.3. The molecule has 21 heavy (non-hydrogen) atoms. The molecule has 7 heteroatoms. The second-order valence-corrected chi connectivity index (χ2v) is 5.78. The van der Waals surface area contributed by atoms with Gasteiger partial charge in [0.25, 0.3) is 0 Å². The van der Waals surface area contributed by atoms with E-state index in [2.05, 4.69) is 10.6 Å². The van der Waals surface area contributed by atoms with Crippen molar-refractivity contribution in [3.05, 3.63) is 23.8 Å². The average Bonchev–Trinajstić information content (AvgIpc) is 2.27. The van der Waals surface area contributed by atoms with E-state index in [1.54, 1.807) is 0 Å². The highest BCUT2D eigenvalue weighted by Gasteiger charge is 2.33. The van der Waals surface area contributed by atoms with Crippen LogP contribution in [-0.4, -0.2) is 18.0 Å². The number of carbonyl (C=O) groups excluding carboxylic acids is 1. The van der Waals surface area contributed by atoms with Crippen LogP contribution in [0.2, 0.25) is 0 Å². The summed E-state index contributed by atoms with van der Waals surface area (Å²) >= 11 is 0. The molecule has 0 unspecified atom stereocenters. The van der Waals surface area contributed by atoms with Crippen LogP contribution in [0.3, 0.4) is 0 Å². The number of rotatable bonds is 4. The van der Waals surface area contributed by atoms with Gasteiger partial charge in [-0.3, -0.25) is 4.79 Å². The molecule has 4 nitrogen and oxygen atoms in total. The zero-order chi connectivity index (χ0) is 16.3. The Morgan fingerprint density at radius 2 is 1.86 bits per heavy atom. The molecule has 1 rings (SSSR count). The number of hydrogen-bond donors (Lipinski definition) is 3. The highest BCUT2D eigenvalue weighted by atomic mass is 19.4. The topological polar surface area (TPSA) is 67.2 Å². The number of anilines is 2. The first kappa shape index (κ1) is 17.1. The molecule has 0 aromatic heterocycles. The minimum atomic E-state index is -4.49. The molecule has 118 valence electrons. The van der Waals surface area contributed by atoms with Gasteiger partial charge >= 0.3 is 6.18 Å². The number of hydrogen-bond acceptors (Lipinski definition) is 3. The molecule has 0 aliphatic rings. The predicted octanol–water partition coefficient (Wildman–Crippen LogP) is 3.00. The molecule has 1 aromatic carbocycles. The fourth-order valence-electron chi connectivity index (χ4n) is 1.74. The SMILES string of the molecule is CC(C)(C)NC(=O)CCNc1ccc(N)cc1C(F)(F)F. The quantitative estimate of drug-likeness (QED) is 0.749. The summed E-state index contributed by atoms with van der Waals surface area (Å²) in [5.74, 6) is -0.223. The van der Waals surface area contributed by atoms with E-state index in [1.165, 1.54) is 12.1 Å². The molecule has 0 spiro atoms. The molecule has 0 radical (unpaired) electrons. The van der Waals surface area contributed by atoms with Crippen LogP contribution in [0.15, 0.2) is 18.2 Å². The molecule has 4 N–H and O–H groups in total. The lowest BCUT2D eigenvalue weighted by Gasteiger charge is -2.21. The molecule has 0 aliphatic heterocycles. The molecule has 0 bridgehead atoms. The molecular weight excluding hydrogens is 283 g/mol. The number of amides is 1. The van der Waals surface area contributed by atoms with Gasteiger partial charge in [0.05, 0.1) is 5.56 Å². The van der Waals surface area contributed by atoms with Gasteiger partial charge in [-0.05, 0) is 39.0 Å². The summed E-state index contributed by atoms with van der Waals surface area (Å²) < 4.78 is 38.6. The Morgan fingerprint density at radius 3 is 2.38 bits per heavy atom. The maximum absolute atomic E-state index is 12.9. The van der Waals surface area contributed by atoms with E-state index in [9.17, 15) is 18.0 Å². The van der Waals surface area contributed by atoms with Gasteiger partial charge in [0.15, 0.2) is 0 Å². The van der Waals surface area contributed by atoms with E-state index in [1.807, 2.05) is 20.8 Å². The van der Waals surface area contributed by atoms with Crippen molar-refractivity contribution in [2.75, 3.05) is 17.6 Å². The van der Waals surface area contributed by atoms with Crippen molar-refractivity contribution in [1.82, 2.24) is 5.32 Å². The lowest BCUT2D eigenvalue weighted by Crippen LogP contribution is -2.41. The minimum Gasteiger partial charge on any atom is -0.399 e. The van der Waals surface area contributed by atoms with E-state index in [4.69, 9.17) is 5.73 Å². The third-order valence-electron chi connectivity index (χ3n) is 2.53. The number of nitrogens with one attached hydrogen (secondary N) is 2. The molecule has 0 aliphatic carbocycles. The third kappa shape index (κ3) is 5.93.